The zero-order valence-electron chi connectivity index (χ0n) is 23.9. The van der Waals surface area contributed by atoms with Crippen molar-refractivity contribution < 1.29 is 48.0 Å². The smallest absolute Gasteiger partial charge is 0.331 e. The van der Waals surface area contributed by atoms with Gasteiger partial charge in [-0.15, -0.1) is 0 Å². The van der Waals surface area contributed by atoms with Crippen molar-refractivity contribution in [3.8, 4) is 0 Å². The molecule has 39 heavy (non-hydrogen) atoms. The van der Waals surface area contributed by atoms with Gasteiger partial charge in [0.1, 0.15) is 31.0 Å². The van der Waals surface area contributed by atoms with E-state index in [1.54, 1.807) is 13.8 Å². The van der Waals surface area contributed by atoms with Crippen LogP contribution in [0.15, 0.2) is 11.6 Å². The van der Waals surface area contributed by atoms with Crippen LogP contribution >= 0.6 is 0 Å². The average molecular weight is 551 g/mol. The van der Waals surface area contributed by atoms with Gasteiger partial charge >= 0.3 is 23.9 Å². The van der Waals surface area contributed by atoms with Crippen LogP contribution in [0.1, 0.15) is 80.1 Å². The van der Waals surface area contributed by atoms with Crippen molar-refractivity contribution in [2.45, 2.75) is 103 Å². The average Bonchev–Trinajstić information content (AvgIpc) is 3.51. The van der Waals surface area contributed by atoms with Crippen LogP contribution in [0.2, 0.25) is 0 Å². The first-order valence-electron chi connectivity index (χ1n) is 14.0. The number of carbonyl (C=O) groups is 4. The summed E-state index contributed by atoms with van der Waals surface area (Å²) in [5.74, 6) is -2.62. The van der Waals surface area contributed by atoms with Crippen molar-refractivity contribution >= 4 is 23.9 Å². The number of epoxide rings is 1. The van der Waals surface area contributed by atoms with E-state index in [-0.39, 0.29) is 37.9 Å². The maximum absolute atomic E-state index is 13.2. The van der Waals surface area contributed by atoms with Crippen LogP contribution in [-0.2, 0) is 42.9 Å². The van der Waals surface area contributed by atoms with E-state index in [0.29, 0.717) is 31.4 Å². The molecule has 0 amide bonds. The summed E-state index contributed by atoms with van der Waals surface area (Å²) in [6.45, 7) is 10.3. The van der Waals surface area contributed by atoms with Crippen LogP contribution in [0.25, 0.3) is 0 Å². The number of hydrogen-bond donors (Lipinski definition) is 1. The van der Waals surface area contributed by atoms with E-state index >= 15 is 0 Å². The maximum atomic E-state index is 13.2. The van der Waals surface area contributed by atoms with Crippen LogP contribution in [0.5, 0.6) is 0 Å². The molecule has 218 valence electrons. The van der Waals surface area contributed by atoms with Crippen LogP contribution in [-0.4, -0.2) is 72.2 Å². The lowest BCUT2D eigenvalue weighted by atomic mass is 9.41. The zero-order valence-corrected chi connectivity index (χ0v) is 23.9. The summed E-state index contributed by atoms with van der Waals surface area (Å²) >= 11 is 0. The molecule has 1 saturated heterocycles. The Hall–Kier alpha value is -2.46. The van der Waals surface area contributed by atoms with Gasteiger partial charge in [-0.2, -0.15) is 0 Å². The van der Waals surface area contributed by atoms with E-state index in [1.165, 1.54) is 19.9 Å². The minimum atomic E-state index is -1.48. The topological polar surface area (TPSA) is 138 Å². The molecule has 8 atom stereocenters. The summed E-state index contributed by atoms with van der Waals surface area (Å²) in [5.41, 5.74) is -3.60. The second-order valence-electron chi connectivity index (χ2n) is 12.3. The van der Waals surface area contributed by atoms with Gasteiger partial charge in [0.2, 0.25) is 0 Å². The van der Waals surface area contributed by atoms with E-state index in [1.807, 2.05) is 13.8 Å². The van der Waals surface area contributed by atoms with Crippen molar-refractivity contribution in [1.82, 2.24) is 0 Å². The molecule has 3 fully saturated rings. The third-order valence-electron chi connectivity index (χ3n) is 10.0. The molecule has 4 rings (SSSR count). The van der Waals surface area contributed by atoms with Gasteiger partial charge in [-0.3, -0.25) is 14.4 Å². The third-order valence-corrected chi connectivity index (χ3v) is 10.0. The number of aliphatic hydroxyl groups is 1. The van der Waals surface area contributed by atoms with Crippen LogP contribution in [0, 0.1) is 22.7 Å². The standard InChI is InChI=1S/C29H42O10/c1-7-17(2)25(33)39-23-13-26(5,34)27(6,22(38-19(4)31)11-20-12-24(32)35-14-20)21-9-8-10-28(15-37-28)29(21,23)16-36-18(3)30/h12,17,21-23,34H,7-11,13-16H2,1-6H3. The normalized spacial score (nSPS) is 38.6. The molecule has 0 bridgehead atoms. The number of hydrogen-bond acceptors (Lipinski definition) is 10. The first-order valence-corrected chi connectivity index (χ1v) is 14.0. The van der Waals surface area contributed by atoms with E-state index in [0.717, 1.165) is 6.42 Å². The Bertz CT molecular complexity index is 1040. The monoisotopic (exact) mass is 550 g/mol. The van der Waals surface area contributed by atoms with Crippen molar-refractivity contribution in [1.29, 1.82) is 0 Å². The molecule has 2 saturated carbocycles. The zero-order chi connectivity index (χ0) is 28.8. The van der Waals surface area contributed by atoms with Crippen LogP contribution in [0.4, 0.5) is 0 Å². The minimum Gasteiger partial charge on any atom is -0.465 e. The van der Waals surface area contributed by atoms with Crippen molar-refractivity contribution in [3.63, 3.8) is 0 Å². The lowest BCUT2D eigenvalue weighted by Gasteiger charge is -2.66. The van der Waals surface area contributed by atoms with Crippen LogP contribution < -0.4 is 0 Å². The molecule has 2 aliphatic carbocycles. The van der Waals surface area contributed by atoms with Gasteiger partial charge in [0.15, 0.2) is 0 Å². The Morgan fingerprint density at radius 3 is 2.44 bits per heavy atom. The number of esters is 4. The van der Waals surface area contributed by atoms with Gasteiger partial charge in [0, 0.05) is 38.2 Å². The minimum absolute atomic E-state index is 0.0286. The fourth-order valence-corrected chi connectivity index (χ4v) is 7.42. The highest BCUT2D eigenvalue weighted by Gasteiger charge is 2.78. The van der Waals surface area contributed by atoms with Gasteiger partial charge in [-0.05, 0) is 37.7 Å². The highest BCUT2D eigenvalue weighted by atomic mass is 16.6. The number of rotatable bonds is 9. The second-order valence-corrected chi connectivity index (χ2v) is 12.3. The van der Waals surface area contributed by atoms with E-state index in [4.69, 9.17) is 23.7 Å². The summed E-state index contributed by atoms with van der Waals surface area (Å²) < 4.78 is 29.1. The summed E-state index contributed by atoms with van der Waals surface area (Å²) in [6.07, 6.45) is 2.61. The molecule has 4 aliphatic rings. The molecular formula is C29H42O10. The fraction of sp³-hybridized carbons (Fsp3) is 0.793. The van der Waals surface area contributed by atoms with Gasteiger partial charge in [0.05, 0.1) is 23.5 Å². The Morgan fingerprint density at radius 2 is 1.90 bits per heavy atom. The summed E-state index contributed by atoms with van der Waals surface area (Å²) in [7, 11) is 0. The Labute approximate surface area is 229 Å². The van der Waals surface area contributed by atoms with E-state index < -0.39 is 58.1 Å². The largest absolute Gasteiger partial charge is 0.465 e. The highest BCUT2D eigenvalue weighted by molar-refractivity contribution is 5.85. The lowest BCUT2D eigenvalue weighted by molar-refractivity contribution is -0.288. The molecule has 10 heteroatoms. The Morgan fingerprint density at radius 1 is 1.21 bits per heavy atom. The molecule has 1 spiro atoms. The summed E-state index contributed by atoms with van der Waals surface area (Å²) in [6, 6.07) is 0. The first-order chi connectivity index (χ1) is 18.2. The molecule has 0 aromatic heterocycles. The van der Waals surface area contributed by atoms with Crippen molar-refractivity contribution in [2.24, 2.45) is 22.7 Å². The molecule has 2 aliphatic heterocycles. The Kier molecular flexibility index (Phi) is 7.95. The Balaban J connectivity index is 1.87. The van der Waals surface area contributed by atoms with Gasteiger partial charge in [-0.25, -0.2) is 4.79 Å². The molecule has 1 N–H and O–H groups in total. The quantitative estimate of drug-likeness (QED) is 0.259. The van der Waals surface area contributed by atoms with E-state index in [9.17, 15) is 24.3 Å². The molecular weight excluding hydrogens is 508 g/mol. The lowest BCUT2D eigenvalue weighted by Crippen LogP contribution is -2.74. The number of cyclic esters (lactones) is 1. The SMILES string of the molecule is CCC(C)C(=O)OC1CC(C)(O)C(C)(C(CC2=CC(=O)OC2)OC(C)=O)C2CCCC3(CO3)C12COC(C)=O. The second kappa shape index (κ2) is 10.5. The predicted octanol–water partition coefficient (Wildman–Crippen LogP) is 3.03. The molecule has 0 radical (unpaired) electrons. The number of fused-ring (bicyclic) bond motifs is 2. The molecule has 0 aromatic carbocycles. The molecule has 8 unspecified atom stereocenters. The molecule has 10 nitrogen and oxygen atoms in total. The van der Waals surface area contributed by atoms with Gasteiger partial charge in [-0.1, -0.05) is 27.2 Å². The number of carbonyl (C=O) groups excluding carboxylic acids is 4. The maximum Gasteiger partial charge on any atom is 0.331 e. The molecule has 0 aromatic rings. The van der Waals surface area contributed by atoms with Crippen molar-refractivity contribution in [3.05, 3.63) is 11.6 Å². The van der Waals surface area contributed by atoms with Crippen LogP contribution in [0.3, 0.4) is 0 Å². The first kappa shape index (κ1) is 29.5. The highest BCUT2D eigenvalue weighted by Crippen LogP contribution is 2.70. The predicted molar refractivity (Wildman–Crippen MR) is 137 cm³/mol. The van der Waals surface area contributed by atoms with Crippen molar-refractivity contribution in [2.75, 3.05) is 19.8 Å². The van der Waals surface area contributed by atoms with E-state index in [2.05, 4.69) is 0 Å². The summed E-state index contributed by atoms with van der Waals surface area (Å²) in [5, 5.41) is 12.3. The van der Waals surface area contributed by atoms with Gasteiger partial charge in [0.25, 0.3) is 0 Å². The fourth-order valence-electron chi connectivity index (χ4n) is 7.42. The van der Waals surface area contributed by atoms with Gasteiger partial charge < -0.3 is 28.8 Å². The third kappa shape index (κ3) is 4.99. The number of ether oxygens (including phenoxy) is 5. The molecule has 2 heterocycles. The summed E-state index contributed by atoms with van der Waals surface area (Å²) in [4.78, 5) is 49.6.